The molecule has 3 N–H and O–H groups in total. The molecular weight excluding hydrogens is 632 g/mol. The number of carboxylic acid groups (broad SMARTS) is 1. The molecule has 1 aromatic heterocycles. The third kappa shape index (κ3) is 9.32. The molecule has 11 heteroatoms. The highest BCUT2D eigenvalue weighted by molar-refractivity contribution is 5.96. The number of pyridine rings is 1. The average Bonchev–Trinajstić information content (AvgIpc) is 3.37. The van der Waals surface area contributed by atoms with E-state index in [0.717, 1.165) is 88.0 Å². The monoisotopic (exact) mass is 684 g/mol. The minimum atomic E-state index is -0.833. The number of benzene rings is 2. The summed E-state index contributed by atoms with van der Waals surface area (Å²) in [5.74, 6) is 1.32. The number of rotatable bonds is 10. The number of methoxy groups -OCH3 is 1. The van der Waals surface area contributed by atoms with Crippen LogP contribution in [0.25, 0.3) is 0 Å². The number of aliphatic carboxylic acids is 1. The minimum Gasteiger partial charge on any atom is -0.496 e. The van der Waals surface area contributed by atoms with Crippen LogP contribution in [-0.2, 0) is 11.3 Å². The van der Waals surface area contributed by atoms with Gasteiger partial charge in [-0.15, -0.1) is 0 Å². The maximum absolute atomic E-state index is 13.1. The summed E-state index contributed by atoms with van der Waals surface area (Å²) in [5.41, 5.74) is 4.39. The standard InChI is InChI=1S/C37H48N6O3.C2H4O2/c1-25(2)24-41-16-18-42(19-17-41)30-11-8-27(9-12-30)22-39-36(44)28-10-15-35(38-23-28)43-31-13-14-32(43)21-29(20-31)40-37(45)33-6-5-7-34(46-4)26(33)3;1-2(3)4/h5-12,15,23,25,29,31-32H,13-14,16-22,24H2,1-4H3,(H,39,44)(H,40,45);1H3,(H,3,4)/t29?,31-,32+;. The summed E-state index contributed by atoms with van der Waals surface area (Å²) in [4.78, 5) is 47.2. The lowest BCUT2D eigenvalue weighted by molar-refractivity contribution is -0.134. The summed E-state index contributed by atoms with van der Waals surface area (Å²) in [5, 5.41) is 13.8. The molecular formula is C39H52N6O5. The first kappa shape index (κ1) is 36.6. The number of ether oxygens (including phenoxy) is 1. The van der Waals surface area contributed by atoms with E-state index in [1.165, 1.54) is 5.69 Å². The number of nitrogens with one attached hydrogen (secondary N) is 2. The van der Waals surface area contributed by atoms with Crippen LogP contribution in [0.5, 0.6) is 5.75 Å². The van der Waals surface area contributed by atoms with Crippen molar-refractivity contribution in [2.24, 2.45) is 5.92 Å². The van der Waals surface area contributed by atoms with Gasteiger partial charge in [0.05, 0.1) is 12.7 Å². The van der Waals surface area contributed by atoms with E-state index in [4.69, 9.17) is 19.6 Å². The zero-order valence-corrected chi connectivity index (χ0v) is 30.0. The normalized spacial score (nSPS) is 20.2. The first-order valence-electron chi connectivity index (χ1n) is 17.7. The van der Waals surface area contributed by atoms with Gasteiger partial charge in [-0.1, -0.05) is 32.0 Å². The van der Waals surface area contributed by atoms with Crippen LogP contribution in [0.1, 0.15) is 78.3 Å². The molecule has 3 fully saturated rings. The molecule has 2 aromatic carbocycles. The number of anilines is 2. The van der Waals surface area contributed by atoms with Crippen LogP contribution in [-0.4, -0.2) is 90.7 Å². The van der Waals surface area contributed by atoms with E-state index in [0.29, 0.717) is 35.7 Å². The topological polar surface area (TPSA) is 127 Å². The zero-order valence-electron chi connectivity index (χ0n) is 30.0. The molecule has 2 bridgehead atoms. The van der Waals surface area contributed by atoms with Gasteiger partial charge in [-0.2, -0.15) is 0 Å². The van der Waals surface area contributed by atoms with Gasteiger partial charge in [0.2, 0.25) is 0 Å². The third-order valence-corrected chi connectivity index (χ3v) is 9.84. The van der Waals surface area contributed by atoms with E-state index < -0.39 is 5.97 Å². The van der Waals surface area contributed by atoms with Crippen molar-refractivity contribution in [1.29, 1.82) is 0 Å². The first-order valence-corrected chi connectivity index (χ1v) is 17.7. The Labute approximate surface area is 296 Å². The summed E-state index contributed by atoms with van der Waals surface area (Å²) >= 11 is 0. The van der Waals surface area contributed by atoms with E-state index in [1.54, 1.807) is 13.3 Å². The van der Waals surface area contributed by atoms with Crippen LogP contribution in [0.15, 0.2) is 60.8 Å². The van der Waals surface area contributed by atoms with Crippen LogP contribution < -0.4 is 25.2 Å². The number of hydrogen-bond donors (Lipinski definition) is 3. The van der Waals surface area contributed by atoms with Gasteiger partial charge in [0, 0.05) is 87.3 Å². The van der Waals surface area contributed by atoms with Gasteiger partial charge in [0.15, 0.2) is 0 Å². The molecule has 1 unspecified atom stereocenters. The molecule has 3 saturated heterocycles. The molecule has 0 spiro atoms. The molecule has 11 nitrogen and oxygen atoms in total. The van der Waals surface area contributed by atoms with Crippen molar-refractivity contribution in [1.82, 2.24) is 20.5 Å². The van der Waals surface area contributed by atoms with Crippen molar-refractivity contribution < 1.29 is 24.2 Å². The smallest absolute Gasteiger partial charge is 0.300 e. The molecule has 3 aliphatic heterocycles. The summed E-state index contributed by atoms with van der Waals surface area (Å²) in [6.07, 6.45) is 5.59. The Morgan fingerprint density at radius 1 is 0.940 bits per heavy atom. The van der Waals surface area contributed by atoms with Crippen molar-refractivity contribution >= 4 is 29.3 Å². The van der Waals surface area contributed by atoms with Crippen molar-refractivity contribution in [3.8, 4) is 5.75 Å². The lowest BCUT2D eigenvalue weighted by Gasteiger charge is -2.40. The molecule has 0 radical (unpaired) electrons. The van der Waals surface area contributed by atoms with Crippen LogP contribution in [0, 0.1) is 12.8 Å². The van der Waals surface area contributed by atoms with Gasteiger partial charge in [-0.05, 0) is 80.5 Å². The van der Waals surface area contributed by atoms with Gasteiger partial charge in [0.1, 0.15) is 11.6 Å². The number of amides is 2. The Hall–Kier alpha value is -4.64. The molecule has 4 heterocycles. The quantitative estimate of drug-likeness (QED) is 0.267. The lowest BCUT2D eigenvalue weighted by atomic mass is 9.96. The summed E-state index contributed by atoms with van der Waals surface area (Å²) < 4.78 is 5.40. The predicted octanol–water partition coefficient (Wildman–Crippen LogP) is 5.13. The Morgan fingerprint density at radius 2 is 1.60 bits per heavy atom. The lowest BCUT2D eigenvalue weighted by Crippen LogP contribution is -2.50. The number of hydrogen-bond acceptors (Lipinski definition) is 8. The fraction of sp³-hybridized carbons (Fsp3) is 0.487. The van der Waals surface area contributed by atoms with Crippen LogP contribution in [0.2, 0.25) is 0 Å². The molecule has 0 aliphatic carbocycles. The number of nitrogens with zero attached hydrogens (tertiary/aromatic N) is 4. The molecule has 2 amide bonds. The number of piperazine rings is 1. The van der Waals surface area contributed by atoms with Crippen LogP contribution in [0.3, 0.4) is 0 Å². The molecule has 6 rings (SSSR count). The second-order valence-electron chi connectivity index (χ2n) is 14.0. The highest BCUT2D eigenvalue weighted by atomic mass is 16.5. The zero-order chi connectivity index (χ0) is 35.8. The molecule has 3 aromatic rings. The number of piperidine rings is 1. The third-order valence-electron chi connectivity index (χ3n) is 9.84. The van der Waals surface area contributed by atoms with Crippen molar-refractivity contribution in [2.45, 2.75) is 78.0 Å². The number of fused-ring (bicyclic) bond motifs is 2. The van der Waals surface area contributed by atoms with E-state index in [1.807, 2.05) is 37.3 Å². The maximum atomic E-state index is 13.1. The van der Waals surface area contributed by atoms with Crippen LogP contribution >= 0.6 is 0 Å². The second-order valence-corrected chi connectivity index (χ2v) is 14.0. The Bertz CT molecular complexity index is 1590. The van der Waals surface area contributed by atoms with Gasteiger partial charge >= 0.3 is 0 Å². The molecule has 3 atom stereocenters. The molecule has 3 aliphatic rings. The highest BCUT2D eigenvalue weighted by Crippen LogP contribution is 2.38. The van der Waals surface area contributed by atoms with Gasteiger partial charge in [0.25, 0.3) is 17.8 Å². The SMILES string of the molecule is CC(=O)O.COc1cccc(C(=O)NC2C[C@H]3CC[C@@H](C2)N3c2ccc(C(=O)NCc3ccc(N4CCN(CC(C)C)CC4)cc3)cn2)c1C. The van der Waals surface area contributed by atoms with Gasteiger partial charge in [-0.25, -0.2) is 4.98 Å². The van der Waals surface area contributed by atoms with Gasteiger partial charge < -0.3 is 30.3 Å². The average molecular weight is 685 g/mol. The molecule has 50 heavy (non-hydrogen) atoms. The summed E-state index contributed by atoms with van der Waals surface area (Å²) in [6.45, 7) is 13.5. The number of carbonyl (C=O) groups excluding carboxylic acids is 2. The van der Waals surface area contributed by atoms with E-state index >= 15 is 0 Å². The number of carbonyl (C=O) groups is 3. The molecule has 0 saturated carbocycles. The highest BCUT2D eigenvalue weighted by Gasteiger charge is 2.42. The molecule has 268 valence electrons. The fourth-order valence-electron chi connectivity index (χ4n) is 7.50. The summed E-state index contributed by atoms with van der Waals surface area (Å²) in [6, 6.07) is 18.7. The van der Waals surface area contributed by atoms with Crippen LogP contribution in [0.4, 0.5) is 11.5 Å². The second kappa shape index (κ2) is 16.8. The minimum absolute atomic E-state index is 0.0470. The predicted molar refractivity (Wildman–Crippen MR) is 196 cm³/mol. The first-order chi connectivity index (χ1) is 24.0. The van der Waals surface area contributed by atoms with E-state index in [-0.39, 0.29) is 17.9 Å². The fourth-order valence-corrected chi connectivity index (χ4v) is 7.50. The Balaban J connectivity index is 0.00000115. The summed E-state index contributed by atoms with van der Waals surface area (Å²) in [7, 11) is 1.63. The Kier molecular flexibility index (Phi) is 12.3. The van der Waals surface area contributed by atoms with E-state index in [2.05, 4.69) is 63.4 Å². The van der Waals surface area contributed by atoms with Crippen molar-refractivity contribution in [3.05, 3.63) is 83.0 Å². The maximum Gasteiger partial charge on any atom is 0.300 e. The van der Waals surface area contributed by atoms with Gasteiger partial charge in [-0.3, -0.25) is 19.3 Å². The van der Waals surface area contributed by atoms with E-state index in [9.17, 15) is 9.59 Å². The largest absolute Gasteiger partial charge is 0.496 e. The number of aromatic nitrogens is 1. The van der Waals surface area contributed by atoms with Crippen molar-refractivity contribution in [3.63, 3.8) is 0 Å². The Morgan fingerprint density at radius 3 is 2.18 bits per heavy atom. The van der Waals surface area contributed by atoms with Crippen molar-refractivity contribution in [2.75, 3.05) is 49.6 Å². The number of carboxylic acids is 1.